The standard InChI is InChI=1S/C22H23N3O3S/c1-14-8-10-16(11-9-14)23-20(26)15-5-4-12-25(13-15)22(28)19-21(27)24-17-6-2-3-7-18(17)29-19/h2-3,6-11,15,19H,4-5,12-13H2,1H3,(H,23,26)(H,24,27)/t15-,19-/m0/s1. The van der Waals surface area contributed by atoms with Gasteiger partial charge in [-0.15, -0.1) is 11.8 Å². The average molecular weight is 410 g/mol. The van der Waals surface area contributed by atoms with Gasteiger partial charge in [0.25, 0.3) is 0 Å². The Kier molecular flexibility index (Phi) is 5.58. The number of carbonyl (C=O) groups is 3. The molecule has 7 heteroatoms. The molecule has 0 saturated carbocycles. The van der Waals surface area contributed by atoms with Gasteiger partial charge in [-0.3, -0.25) is 14.4 Å². The summed E-state index contributed by atoms with van der Waals surface area (Å²) in [7, 11) is 0. The molecule has 1 fully saturated rings. The molecule has 0 bridgehead atoms. The smallest absolute Gasteiger partial charge is 0.247 e. The second-order valence-corrected chi connectivity index (χ2v) is 8.61. The quantitative estimate of drug-likeness (QED) is 0.763. The molecule has 2 aromatic carbocycles. The molecule has 2 aliphatic rings. The van der Waals surface area contributed by atoms with Gasteiger partial charge in [0.2, 0.25) is 17.7 Å². The van der Waals surface area contributed by atoms with Gasteiger partial charge in [0.05, 0.1) is 11.6 Å². The number of hydrogen-bond donors (Lipinski definition) is 2. The van der Waals surface area contributed by atoms with Crippen LogP contribution in [-0.4, -0.2) is 41.0 Å². The molecule has 0 aliphatic carbocycles. The highest BCUT2D eigenvalue weighted by molar-refractivity contribution is 8.01. The second kappa shape index (κ2) is 8.29. The molecule has 0 radical (unpaired) electrons. The van der Waals surface area contributed by atoms with Crippen molar-refractivity contribution in [1.29, 1.82) is 0 Å². The van der Waals surface area contributed by atoms with Crippen molar-refractivity contribution in [3.63, 3.8) is 0 Å². The molecular formula is C22H23N3O3S. The Morgan fingerprint density at radius 2 is 1.90 bits per heavy atom. The average Bonchev–Trinajstić information content (AvgIpc) is 2.74. The summed E-state index contributed by atoms with van der Waals surface area (Å²) in [4.78, 5) is 40.8. The summed E-state index contributed by atoms with van der Waals surface area (Å²) in [6, 6.07) is 15.1. The summed E-state index contributed by atoms with van der Waals surface area (Å²) in [5.41, 5.74) is 2.62. The van der Waals surface area contributed by atoms with Gasteiger partial charge in [-0.05, 0) is 44.0 Å². The third-order valence-corrected chi connectivity index (χ3v) is 6.54. The van der Waals surface area contributed by atoms with Crippen LogP contribution in [0.15, 0.2) is 53.4 Å². The zero-order valence-corrected chi connectivity index (χ0v) is 17.0. The maximum atomic E-state index is 13.0. The van der Waals surface area contributed by atoms with Crippen molar-refractivity contribution in [2.75, 3.05) is 23.7 Å². The van der Waals surface area contributed by atoms with Crippen LogP contribution in [0.2, 0.25) is 0 Å². The van der Waals surface area contributed by atoms with Crippen molar-refractivity contribution in [2.24, 2.45) is 5.92 Å². The Morgan fingerprint density at radius 3 is 2.69 bits per heavy atom. The Balaban J connectivity index is 1.41. The first-order chi connectivity index (χ1) is 14.0. The van der Waals surface area contributed by atoms with Crippen LogP contribution in [0.3, 0.4) is 0 Å². The first-order valence-electron chi connectivity index (χ1n) is 9.74. The highest BCUT2D eigenvalue weighted by Crippen LogP contribution is 2.36. The number of likely N-dealkylation sites (tertiary alicyclic amines) is 1. The number of para-hydroxylation sites is 1. The highest BCUT2D eigenvalue weighted by atomic mass is 32.2. The maximum Gasteiger partial charge on any atom is 0.247 e. The number of carbonyl (C=O) groups excluding carboxylic acids is 3. The van der Waals surface area contributed by atoms with E-state index in [4.69, 9.17) is 0 Å². The molecule has 29 heavy (non-hydrogen) atoms. The number of anilines is 2. The van der Waals surface area contributed by atoms with Crippen molar-refractivity contribution in [2.45, 2.75) is 29.9 Å². The normalized spacial score (nSPS) is 21.1. The molecular weight excluding hydrogens is 386 g/mol. The molecule has 0 spiro atoms. The first-order valence-corrected chi connectivity index (χ1v) is 10.6. The van der Waals surface area contributed by atoms with Gasteiger partial charge in [0.15, 0.2) is 5.25 Å². The van der Waals surface area contributed by atoms with Gasteiger partial charge in [-0.25, -0.2) is 0 Å². The fraction of sp³-hybridized carbons (Fsp3) is 0.318. The minimum absolute atomic E-state index is 0.0857. The molecule has 1 saturated heterocycles. The van der Waals surface area contributed by atoms with Gasteiger partial charge in [0.1, 0.15) is 0 Å². The Morgan fingerprint density at radius 1 is 1.14 bits per heavy atom. The lowest BCUT2D eigenvalue weighted by Gasteiger charge is -2.35. The van der Waals surface area contributed by atoms with Crippen molar-refractivity contribution in [3.8, 4) is 0 Å². The van der Waals surface area contributed by atoms with E-state index < -0.39 is 5.25 Å². The number of benzene rings is 2. The lowest BCUT2D eigenvalue weighted by molar-refractivity contribution is -0.136. The molecule has 150 valence electrons. The van der Waals surface area contributed by atoms with E-state index >= 15 is 0 Å². The fourth-order valence-electron chi connectivity index (χ4n) is 3.65. The van der Waals surface area contributed by atoms with Crippen LogP contribution in [-0.2, 0) is 14.4 Å². The topological polar surface area (TPSA) is 78.5 Å². The highest BCUT2D eigenvalue weighted by Gasteiger charge is 2.38. The van der Waals surface area contributed by atoms with Crippen molar-refractivity contribution in [1.82, 2.24) is 4.90 Å². The molecule has 2 aliphatic heterocycles. The summed E-state index contributed by atoms with van der Waals surface area (Å²) in [6.07, 6.45) is 1.47. The Bertz CT molecular complexity index is 945. The van der Waals surface area contributed by atoms with Crippen LogP contribution in [0.25, 0.3) is 0 Å². The third kappa shape index (κ3) is 4.29. The lowest BCUT2D eigenvalue weighted by Crippen LogP contribution is -2.50. The molecule has 0 unspecified atom stereocenters. The number of nitrogens with one attached hydrogen (secondary N) is 2. The predicted molar refractivity (Wildman–Crippen MR) is 114 cm³/mol. The number of piperidine rings is 1. The van der Waals surface area contributed by atoms with E-state index in [1.165, 1.54) is 11.8 Å². The molecule has 2 N–H and O–H groups in total. The molecule has 4 rings (SSSR count). The zero-order valence-electron chi connectivity index (χ0n) is 16.2. The van der Waals surface area contributed by atoms with Crippen LogP contribution in [0.1, 0.15) is 18.4 Å². The molecule has 6 nitrogen and oxygen atoms in total. The summed E-state index contributed by atoms with van der Waals surface area (Å²) in [5, 5.41) is 4.94. The number of hydrogen-bond acceptors (Lipinski definition) is 4. The first kappa shape index (κ1) is 19.5. The van der Waals surface area contributed by atoms with E-state index in [2.05, 4.69) is 10.6 Å². The number of fused-ring (bicyclic) bond motifs is 1. The summed E-state index contributed by atoms with van der Waals surface area (Å²) >= 11 is 1.28. The molecule has 2 heterocycles. The number of rotatable bonds is 3. The molecule has 3 amide bonds. The van der Waals surface area contributed by atoms with E-state index in [0.29, 0.717) is 13.1 Å². The van der Waals surface area contributed by atoms with E-state index in [9.17, 15) is 14.4 Å². The van der Waals surface area contributed by atoms with Crippen molar-refractivity contribution >= 4 is 40.9 Å². The minimum atomic E-state index is -0.816. The van der Waals surface area contributed by atoms with Crippen molar-refractivity contribution in [3.05, 3.63) is 54.1 Å². The van der Waals surface area contributed by atoms with E-state index in [0.717, 1.165) is 34.7 Å². The van der Waals surface area contributed by atoms with Gasteiger partial charge >= 0.3 is 0 Å². The second-order valence-electron chi connectivity index (χ2n) is 7.46. The van der Waals surface area contributed by atoms with Crippen LogP contribution in [0.4, 0.5) is 11.4 Å². The largest absolute Gasteiger partial charge is 0.340 e. The van der Waals surface area contributed by atoms with Crippen LogP contribution in [0.5, 0.6) is 0 Å². The number of aryl methyl sites for hydroxylation is 1. The molecule has 2 aromatic rings. The maximum absolute atomic E-state index is 13.0. The summed E-state index contributed by atoms with van der Waals surface area (Å²) < 4.78 is 0. The summed E-state index contributed by atoms with van der Waals surface area (Å²) in [6.45, 7) is 2.90. The Labute approximate surface area is 174 Å². The molecule has 2 atom stereocenters. The minimum Gasteiger partial charge on any atom is -0.340 e. The summed E-state index contributed by atoms with van der Waals surface area (Å²) in [5.74, 6) is -0.893. The van der Waals surface area contributed by atoms with Crippen LogP contribution >= 0.6 is 11.8 Å². The van der Waals surface area contributed by atoms with E-state index in [1.807, 2.05) is 55.5 Å². The fourth-order valence-corrected chi connectivity index (χ4v) is 4.73. The Hall–Kier alpha value is -2.80. The van der Waals surface area contributed by atoms with E-state index in [1.54, 1.807) is 4.90 Å². The SMILES string of the molecule is Cc1ccc(NC(=O)[C@H]2CCCN(C(=O)[C@H]3Sc4ccccc4NC3=O)C2)cc1. The number of nitrogens with zero attached hydrogens (tertiary/aromatic N) is 1. The van der Waals surface area contributed by atoms with E-state index in [-0.39, 0.29) is 23.6 Å². The third-order valence-electron chi connectivity index (χ3n) is 5.28. The van der Waals surface area contributed by atoms with Gasteiger partial charge in [-0.1, -0.05) is 29.8 Å². The number of thioether (sulfide) groups is 1. The van der Waals surface area contributed by atoms with Crippen LogP contribution in [0, 0.1) is 12.8 Å². The van der Waals surface area contributed by atoms with Gasteiger partial charge < -0.3 is 15.5 Å². The lowest BCUT2D eigenvalue weighted by atomic mass is 9.96. The monoisotopic (exact) mass is 409 g/mol. The number of amides is 3. The molecule has 0 aromatic heterocycles. The van der Waals surface area contributed by atoms with Crippen molar-refractivity contribution < 1.29 is 14.4 Å². The zero-order chi connectivity index (χ0) is 20.4. The predicted octanol–water partition coefficient (Wildman–Crippen LogP) is 3.29. The van der Waals surface area contributed by atoms with Crippen LogP contribution < -0.4 is 10.6 Å². The van der Waals surface area contributed by atoms with Gasteiger partial charge in [0, 0.05) is 23.7 Å². The van der Waals surface area contributed by atoms with Gasteiger partial charge in [-0.2, -0.15) is 0 Å².